The summed E-state index contributed by atoms with van der Waals surface area (Å²) in [6.45, 7) is 6.91. The van der Waals surface area contributed by atoms with Crippen LogP contribution in [0.15, 0.2) is 24.3 Å². The third kappa shape index (κ3) is 5.50. The Morgan fingerprint density at radius 2 is 1.57 bits per heavy atom. The van der Waals surface area contributed by atoms with Crippen molar-refractivity contribution in [3.63, 3.8) is 0 Å². The van der Waals surface area contributed by atoms with Gasteiger partial charge in [-0.25, -0.2) is 9.59 Å². The lowest BCUT2D eigenvalue weighted by Crippen LogP contribution is -2.30. The van der Waals surface area contributed by atoms with Crippen molar-refractivity contribution in [2.75, 3.05) is 25.6 Å². The van der Waals surface area contributed by atoms with Gasteiger partial charge in [-0.3, -0.25) is 4.79 Å². The number of methoxy groups -OCH3 is 1. The molecule has 0 aliphatic carbocycles. The summed E-state index contributed by atoms with van der Waals surface area (Å²) in [5.41, 5.74) is 0.533. The van der Waals surface area contributed by atoms with Crippen LogP contribution in [0.25, 0.3) is 0 Å². The van der Waals surface area contributed by atoms with Crippen LogP contribution in [0.4, 0.5) is 5.00 Å². The summed E-state index contributed by atoms with van der Waals surface area (Å²) in [5.74, 6) is -0.514. The minimum absolute atomic E-state index is 0.134. The number of rotatable bonds is 9. The number of thiophene rings is 1. The fourth-order valence-electron chi connectivity index (χ4n) is 2.57. The van der Waals surface area contributed by atoms with Crippen LogP contribution in [-0.2, 0) is 14.3 Å². The van der Waals surface area contributed by atoms with Gasteiger partial charge in [0, 0.05) is 0 Å². The number of amides is 1. The molecule has 9 heteroatoms. The highest BCUT2D eigenvalue weighted by molar-refractivity contribution is 7.18. The lowest BCUT2D eigenvalue weighted by atomic mass is 10.1. The Kier molecular flexibility index (Phi) is 8.23. The van der Waals surface area contributed by atoms with E-state index in [0.29, 0.717) is 17.1 Å². The highest BCUT2D eigenvalue weighted by Gasteiger charge is 2.28. The molecule has 8 nitrogen and oxygen atoms in total. The first kappa shape index (κ1) is 23.2. The Morgan fingerprint density at radius 1 is 1.00 bits per heavy atom. The predicted octanol–water partition coefficient (Wildman–Crippen LogP) is 3.82. The van der Waals surface area contributed by atoms with Crippen molar-refractivity contribution in [3.05, 3.63) is 40.3 Å². The molecule has 0 saturated carbocycles. The second-order valence-corrected chi connectivity index (χ2v) is 7.15. The molecule has 30 heavy (non-hydrogen) atoms. The van der Waals surface area contributed by atoms with E-state index in [1.54, 1.807) is 59.1 Å². The Labute approximate surface area is 179 Å². The van der Waals surface area contributed by atoms with E-state index in [2.05, 4.69) is 5.32 Å². The Hall–Kier alpha value is -3.07. The van der Waals surface area contributed by atoms with Gasteiger partial charge in [0.2, 0.25) is 0 Å². The molecule has 0 aliphatic heterocycles. The molecule has 1 aromatic carbocycles. The van der Waals surface area contributed by atoms with Gasteiger partial charge in [-0.15, -0.1) is 11.3 Å². The van der Waals surface area contributed by atoms with Gasteiger partial charge in [-0.1, -0.05) is 0 Å². The molecule has 162 valence electrons. The van der Waals surface area contributed by atoms with E-state index in [9.17, 15) is 14.4 Å². The first-order valence-electron chi connectivity index (χ1n) is 9.41. The van der Waals surface area contributed by atoms with E-state index in [0.717, 1.165) is 11.3 Å². The Bertz CT molecular complexity index is 905. The molecule has 1 heterocycles. The number of nitrogens with one attached hydrogen (secondary N) is 1. The van der Waals surface area contributed by atoms with Gasteiger partial charge >= 0.3 is 11.9 Å². The minimum Gasteiger partial charge on any atom is -0.497 e. The fourth-order valence-corrected chi connectivity index (χ4v) is 3.66. The zero-order valence-corrected chi connectivity index (χ0v) is 18.4. The van der Waals surface area contributed by atoms with Crippen LogP contribution >= 0.6 is 11.3 Å². The van der Waals surface area contributed by atoms with Gasteiger partial charge in [0.05, 0.1) is 25.9 Å². The maximum Gasteiger partial charge on any atom is 0.348 e. The third-order valence-electron chi connectivity index (χ3n) is 4.07. The summed E-state index contributed by atoms with van der Waals surface area (Å²) < 4.78 is 20.9. The van der Waals surface area contributed by atoms with Crippen LogP contribution in [0.2, 0.25) is 0 Å². The summed E-state index contributed by atoms with van der Waals surface area (Å²) in [6.07, 6.45) is -0.859. The lowest BCUT2D eigenvalue weighted by Gasteiger charge is -2.15. The average molecular weight is 435 g/mol. The molecule has 0 bridgehead atoms. The maximum atomic E-state index is 12.7. The number of hydrogen-bond donors (Lipinski definition) is 1. The first-order valence-corrected chi connectivity index (χ1v) is 10.2. The molecule has 1 aromatic heterocycles. The smallest absolute Gasteiger partial charge is 0.348 e. The molecule has 2 rings (SSSR count). The SMILES string of the molecule is CCOC(=O)c1sc(NC(=O)[C@H](C)Oc2ccc(OC)cc2)c(C(=O)OCC)c1C. The van der Waals surface area contributed by atoms with Crippen molar-refractivity contribution in [1.29, 1.82) is 0 Å². The molecular weight excluding hydrogens is 410 g/mol. The summed E-state index contributed by atoms with van der Waals surface area (Å²) in [5, 5.41) is 2.88. The van der Waals surface area contributed by atoms with E-state index in [1.807, 2.05) is 0 Å². The van der Waals surface area contributed by atoms with Crippen molar-refractivity contribution >= 4 is 34.2 Å². The molecule has 0 saturated heterocycles. The number of carbonyl (C=O) groups is 3. The monoisotopic (exact) mass is 435 g/mol. The third-order valence-corrected chi connectivity index (χ3v) is 5.25. The fraction of sp³-hybridized carbons (Fsp3) is 0.381. The van der Waals surface area contributed by atoms with Gasteiger partial charge in [0.25, 0.3) is 5.91 Å². The van der Waals surface area contributed by atoms with Crippen molar-refractivity contribution < 1.29 is 33.3 Å². The highest BCUT2D eigenvalue weighted by Crippen LogP contribution is 2.34. The summed E-state index contributed by atoms with van der Waals surface area (Å²) in [4.78, 5) is 37.5. The molecule has 0 unspecified atom stereocenters. The van der Waals surface area contributed by atoms with Crippen LogP contribution in [0, 0.1) is 6.92 Å². The number of benzene rings is 1. The molecule has 1 amide bonds. The van der Waals surface area contributed by atoms with Crippen LogP contribution in [-0.4, -0.2) is 44.3 Å². The van der Waals surface area contributed by atoms with Crippen molar-refractivity contribution in [1.82, 2.24) is 0 Å². The zero-order chi connectivity index (χ0) is 22.3. The van der Waals surface area contributed by atoms with Gasteiger partial charge in [-0.05, 0) is 57.5 Å². The summed E-state index contributed by atoms with van der Waals surface area (Å²) in [6, 6.07) is 6.79. The van der Waals surface area contributed by atoms with Crippen molar-refractivity contribution in [2.24, 2.45) is 0 Å². The summed E-state index contributed by atoms with van der Waals surface area (Å²) >= 11 is 0.966. The number of esters is 2. The van der Waals surface area contributed by atoms with Gasteiger partial charge < -0.3 is 24.3 Å². The molecular formula is C21H25NO7S. The van der Waals surface area contributed by atoms with Crippen LogP contribution in [0.3, 0.4) is 0 Å². The van der Waals surface area contributed by atoms with Crippen molar-refractivity contribution in [3.8, 4) is 11.5 Å². The van der Waals surface area contributed by atoms with E-state index >= 15 is 0 Å². The second kappa shape index (κ2) is 10.6. The standard InChI is InChI=1S/C21H25NO7S/c1-6-27-20(24)16-12(3)17(21(25)28-7-2)30-19(16)22-18(23)13(4)29-15-10-8-14(26-5)9-11-15/h8-11,13H,6-7H2,1-5H3,(H,22,23)/t13-/m0/s1. The van der Waals surface area contributed by atoms with Crippen LogP contribution in [0.5, 0.6) is 11.5 Å². The van der Waals surface area contributed by atoms with E-state index < -0.39 is 23.9 Å². The Balaban J connectivity index is 2.23. The largest absolute Gasteiger partial charge is 0.497 e. The quantitative estimate of drug-likeness (QED) is 0.598. The molecule has 2 aromatic rings. The number of hydrogen-bond acceptors (Lipinski definition) is 8. The molecule has 0 aliphatic rings. The maximum absolute atomic E-state index is 12.7. The van der Waals surface area contributed by atoms with E-state index in [1.165, 1.54) is 0 Å². The highest BCUT2D eigenvalue weighted by atomic mass is 32.1. The number of ether oxygens (including phenoxy) is 4. The molecule has 1 atom stereocenters. The minimum atomic E-state index is -0.859. The molecule has 0 fully saturated rings. The normalized spacial score (nSPS) is 11.4. The first-order chi connectivity index (χ1) is 14.3. The molecule has 0 spiro atoms. The topological polar surface area (TPSA) is 100 Å². The number of anilines is 1. The van der Waals surface area contributed by atoms with E-state index in [-0.39, 0.29) is 28.7 Å². The average Bonchev–Trinajstić information content (AvgIpc) is 3.04. The predicted molar refractivity (Wildman–Crippen MR) is 113 cm³/mol. The Morgan fingerprint density at radius 3 is 2.13 bits per heavy atom. The zero-order valence-electron chi connectivity index (χ0n) is 17.6. The van der Waals surface area contributed by atoms with Gasteiger partial charge in [0.1, 0.15) is 21.4 Å². The van der Waals surface area contributed by atoms with Gasteiger partial charge in [0.15, 0.2) is 6.10 Å². The van der Waals surface area contributed by atoms with Crippen LogP contribution in [0.1, 0.15) is 46.4 Å². The van der Waals surface area contributed by atoms with E-state index in [4.69, 9.17) is 18.9 Å². The van der Waals surface area contributed by atoms with Crippen molar-refractivity contribution in [2.45, 2.75) is 33.8 Å². The summed E-state index contributed by atoms with van der Waals surface area (Å²) in [7, 11) is 1.56. The molecule has 1 N–H and O–H groups in total. The lowest BCUT2D eigenvalue weighted by molar-refractivity contribution is -0.122. The van der Waals surface area contributed by atoms with Crippen LogP contribution < -0.4 is 14.8 Å². The number of carbonyl (C=O) groups excluding carboxylic acids is 3. The second-order valence-electron chi connectivity index (χ2n) is 6.13. The van der Waals surface area contributed by atoms with Gasteiger partial charge in [-0.2, -0.15) is 0 Å². The molecule has 0 radical (unpaired) electrons.